The van der Waals surface area contributed by atoms with E-state index in [2.05, 4.69) is 26.6 Å². The van der Waals surface area contributed by atoms with E-state index in [1.165, 1.54) is 0 Å². The number of nitrogens with zero attached hydrogens (tertiary/aromatic N) is 4. The van der Waals surface area contributed by atoms with Crippen molar-refractivity contribution in [3.63, 3.8) is 0 Å². The first-order valence-electron chi connectivity index (χ1n) is 12.1. The summed E-state index contributed by atoms with van der Waals surface area (Å²) in [5.41, 5.74) is 3.56. The Morgan fingerprint density at radius 2 is 1.72 bits per heavy atom. The normalized spacial score (nSPS) is 14.1. The number of nitrogens with one attached hydrogen (secondary N) is 2. The number of carbonyl (C=O) groups excluding carboxylic acids is 2. The van der Waals surface area contributed by atoms with Crippen LogP contribution in [0, 0.1) is 11.3 Å². The minimum absolute atomic E-state index is 0.101. The second-order valence-electron chi connectivity index (χ2n) is 8.74. The van der Waals surface area contributed by atoms with Gasteiger partial charge in [-0.3, -0.25) is 9.59 Å². The van der Waals surface area contributed by atoms with Crippen LogP contribution in [0.2, 0.25) is 0 Å². The molecule has 0 aliphatic carbocycles. The molecule has 8 nitrogen and oxygen atoms in total. The van der Waals surface area contributed by atoms with Crippen molar-refractivity contribution < 1.29 is 9.59 Å². The van der Waals surface area contributed by atoms with Crippen molar-refractivity contribution in [2.45, 2.75) is 19.4 Å². The fourth-order valence-electron chi connectivity index (χ4n) is 4.24. The van der Waals surface area contributed by atoms with E-state index in [1.807, 2.05) is 59.5 Å². The molecule has 0 unspecified atom stereocenters. The molecule has 184 valence electrons. The van der Waals surface area contributed by atoms with Crippen molar-refractivity contribution in [1.29, 1.82) is 5.26 Å². The Labute approximate surface area is 211 Å². The quantitative estimate of drug-likeness (QED) is 0.512. The maximum absolute atomic E-state index is 13.2. The molecule has 0 radical (unpaired) electrons. The van der Waals surface area contributed by atoms with Gasteiger partial charge in [0.2, 0.25) is 11.8 Å². The van der Waals surface area contributed by atoms with Crippen molar-refractivity contribution in [2.24, 2.45) is 0 Å². The minimum atomic E-state index is -0.536. The number of anilines is 2. The first kappa shape index (κ1) is 24.9. The Hall–Kier alpha value is -4.22. The summed E-state index contributed by atoms with van der Waals surface area (Å²) in [5.74, 6) is 0.404. The summed E-state index contributed by atoms with van der Waals surface area (Å²) in [6.45, 7) is 5.09. The molecule has 2 amide bonds. The molecule has 1 atom stereocenters. The van der Waals surface area contributed by atoms with E-state index in [9.17, 15) is 9.59 Å². The van der Waals surface area contributed by atoms with Gasteiger partial charge in [0, 0.05) is 39.6 Å². The molecular formula is C28H30N6O2. The van der Waals surface area contributed by atoms with E-state index >= 15 is 0 Å². The summed E-state index contributed by atoms with van der Waals surface area (Å²) in [4.78, 5) is 33.3. The van der Waals surface area contributed by atoms with Crippen molar-refractivity contribution in [3.05, 3.63) is 89.6 Å². The summed E-state index contributed by atoms with van der Waals surface area (Å²) in [6.07, 6.45) is 2.49. The maximum Gasteiger partial charge on any atom is 0.247 e. The van der Waals surface area contributed by atoms with Crippen LogP contribution in [0.25, 0.3) is 0 Å². The van der Waals surface area contributed by atoms with Crippen LogP contribution in [0.4, 0.5) is 11.5 Å². The molecule has 0 saturated carbocycles. The number of hydrogen-bond donors (Lipinski definition) is 2. The van der Waals surface area contributed by atoms with E-state index in [0.717, 1.165) is 36.3 Å². The molecule has 2 aromatic carbocycles. The number of piperazine rings is 1. The second-order valence-corrected chi connectivity index (χ2v) is 8.74. The summed E-state index contributed by atoms with van der Waals surface area (Å²) in [6, 6.07) is 22.4. The van der Waals surface area contributed by atoms with Gasteiger partial charge >= 0.3 is 0 Å². The van der Waals surface area contributed by atoms with Crippen LogP contribution in [-0.2, 0) is 16.0 Å². The highest BCUT2D eigenvalue weighted by Gasteiger charge is 2.21. The highest BCUT2D eigenvalue weighted by molar-refractivity contribution is 5.94. The van der Waals surface area contributed by atoms with Crippen molar-refractivity contribution in [2.75, 3.05) is 42.9 Å². The Morgan fingerprint density at radius 3 is 2.33 bits per heavy atom. The van der Waals surface area contributed by atoms with Gasteiger partial charge in [0.15, 0.2) is 0 Å². The van der Waals surface area contributed by atoms with Crippen LogP contribution in [-0.4, -0.2) is 54.4 Å². The van der Waals surface area contributed by atoms with Gasteiger partial charge in [-0.2, -0.15) is 5.26 Å². The lowest BCUT2D eigenvalue weighted by Crippen LogP contribution is -2.48. The average Bonchev–Trinajstić information content (AvgIpc) is 2.92. The first-order valence-corrected chi connectivity index (χ1v) is 12.1. The zero-order valence-electron chi connectivity index (χ0n) is 20.4. The number of pyridine rings is 1. The number of amides is 2. The highest BCUT2D eigenvalue weighted by atomic mass is 16.2. The zero-order valence-corrected chi connectivity index (χ0v) is 20.4. The van der Waals surface area contributed by atoms with Crippen molar-refractivity contribution in [1.82, 2.24) is 15.2 Å². The summed E-state index contributed by atoms with van der Waals surface area (Å²) < 4.78 is 0. The smallest absolute Gasteiger partial charge is 0.247 e. The zero-order chi connectivity index (χ0) is 25.3. The fourth-order valence-corrected chi connectivity index (χ4v) is 4.24. The first-order chi connectivity index (χ1) is 17.5. The van der Waals surface area contributed by atoms with Gasteiger partial charge in [0.05, 0.1) is 23.5 Å². The molecule has 0 spiro atoms. The average molecular weight is 483 g/mol. The van der Waals surface area contributed by atoms with Gasteiger partial charge in [-0.25, -0.2) is 4.98 Å². The SMILES string of the molecule is CC(=O)N1CCN(c2ccc(NC(=O)[C@H](NCCc3ccc(C#N)cc3)c3ccccc3)nc2)CC1. The lowest BCUT2D eigenvalue weighted by atomic mass is 10.1. The van der Waals surface area contributed by atoms with Gasteiger partial charge in [-0.1, -0.05) is 42.5 Å². The van der Waals surface area contributed by atoms with Crippen LogP contribution in [0.3, 0.4) is 0 Å². The highest BCUT2D eigenvalue weighted by Crippen LogP contribution is 2.19. The molecule has 1 fully saturated rings. The molecular weight excluding hydrogens is 452 g/mol. The van der Waals surface area contributed by atoms with Crippen LogP contribution < -0.4 is 15.5 Å². The Morgan fingerprint density at radius 1 is 1.00 bits per heavy atom. The number of rotatable bonds is 8. The molecule has 0 bridgehead atoms. The van der Waals surface area contributed by atoms with Crippen LogP contribution >= 0.6 is 0 Å². The Kier molecular flexibility index (Phi) is 8.27. The number of carbonyl (C=O) groups is 2. The number of hydrogen-bond acceptors (Lipinski definition) is 6. The van der Waals surface area contributed by atoms with Crippen LogP contribution in [0.5, 0.6) is 0 Å². The standard InChI is InChI=1S/C28H30N6O2/c1-21(35)33-15-17-34(18-16-33)25-11-12-26(31-20-25)32-28(36)27(24-5-3-2-4-6-24)30-14-13-22-7-9-23(19-29)10-8-22/h2-12,20,27,30H,13-18H2,1H3,(H,31,32,36)/t27-/m1/s1. The molecule has 8 heteroatoms. The number of nitriles is 1. The molecule has 3 aromatic rings. The minimum Gasteiger partial charge on any atom is -0.367 e. The summed E-state index contributed by atoms with van der Waals surface area (Å²) >= 11 is 0. The monoisotopic (exact) mass is 482 g/mol. The van der Waals surface area contributed by atoms with Crippen LogP contribution in [0.15, 0.2) is 72.9 Å². The fraction of sp³-hybridized carbons (Fsp3) is 0.286. The molecule has 2 N–H and O–H groups in total. The predicted octanol–water partition coefficient (Wildman–Crippen LogP) is 3.13. The second kappa shape index (κ2) is 12.0. The largest absolute Gasteiger partial charge is 0.367 e. The van der Waals surface area contributed by atoms with Gasteiger partial charge in [-0.05, 0) is 41.8 Å². The third-order valence-corrected chi connectivity index (χ3v) is 6.33. The molecule has 2 heterocycles. The number of aromatic nitrogens is 1. The van der Waals surface area contributed by atoms with Crippen LogP contribution in [0.1, 0.15) is 29.7 Å². The third kappa shape index (κ3) is 6.46. The lowest BCUT2D eigenvalue weighted by molar-refractivity contribution is -0.129. The Balaban J connectivity index is 1.37. The van der Waals surface area contributed by atoms with Gasteiger partial charge in [-0.15, -0.1) is 0 Å². The van der Waals surface area contributed by atoms with Gasteiger partial charge in [0.1, 0.15) is 11.9 Å². The van der Waals surface area contributed by atoms with Crippen molar-refractivity contribution >= 4 is 23.3 Å². The summed E-state index contributed by atoms with van der Waals surface area (Å²) in [7, 11) is 0. The van der Waals surface area contributed by atoms with E-state index in [4.69, 9.17) is 5.26 Å². The van der Waals surface area contributed by atoms with E-state index in [0.29, 0.717) is 31.0 Å². The third-order valence-electron chi connectivity index (χ3n) is 6.33. The maximum atomic E-state index is 13.2. The van der Waals surface area contributed by atoms with Gasteiger partial charge < -0.3 is 20.4 Å². The molecule has 4 rings (SSSR count). The molecule has 1 saturated heterocycles. The topological polar surface area (TPSA) is 101 Å². The number of benzene rings is 2. The van der Waals surface area contributed by atoms with Gasteiger partial charge in [0.25, 0.3) is 0 Å². The van der Waals surface area contributed by atoms with E-state index in [1.54, 1.807) is 25.3 Å². The summed E-state index contributed by atoms with van der Waals surface area (Å²) in [5, 5.41) is 15.3. The predicted molar refractivity (Wildman–Crippen MR) is 139 cm³/mol. The molecule has 36 heavy (non-hydrogen) atoms. The van der Waals surface area contributed by atoms with E-state index in [-0.39, 0.29) is 11.8 Å². The van der Waals surface area contributed by atoms with E-state index < -0.39 is 6.04 Å². The van der Waals surface area contributed by atoms with Crippen molar-refractivity contribution in [3.8, 4) is 6.07 Å². The molecule has 1 aliphatic rings. The molecule has 1 aliphatic heterocycles. The Bertz CT molecular complexity index is 1200. The lowest BCUT2D eigenvalue weighted by Gasteiger charge is -2.35. The molecule has 1 aromatic heterocycles.